The molecule has 108 valence electrons. The first-order valence-corrected chi connectivity index (χ1v) is 8.09. The minimum atomic E-state index is 0.143. The van der Waals surface area contributed by atoms with Crippen LogP contribution in [0, 0.1) is 0 Å². The number of benzene rings is 1. The summed E-state index contributed by atoms with van der Waals surface area (Å²) in [6, 6.07) is 10.4. The van der Waals surface area contributed by atoms with Gasteiger partial charge in [-0.15, -0.1) is 11.3 Å². The maximum absolute atomic E-state index is 5.98. The zero-order valence-corrected chi connectivity index (χ0v) is 14.1. The van der Waals surface area contributed by atoms with Crippen molar-refractivity contribution in [3.05, 3.63) is 50.6 Å². The summed E-state index contributed by atoms with van der Waals surface area (Å²) in [5, 5.41) is 2.16. The number of nitrogens with zero attached hydrogens (tertiary/aromatic N) is 1. The van der Waals surface area contributed by atoms with Gasteiger partial charge in [-0.2, -0.15) is 0 Å². The predicted molar refractivity (Wildman–Crippen MR) is 88.3 cm³/mol. The van der Waals surface area contributed by atoms with Gasteiger partial charge >= 0.3 is 0 Å². The Bertz CT molecular complexity index is 558. The molecule has 0 spiro atoms. The number of nitrogens with two attached hydrogens (primary N) is 1. The molecule has 3 nitrogen and oxygen atoms in total. The second kappa shape index (κ2) is 7.22. The van der Waals surface area contributed by atoms with Crippen LogP contribution in [0.15, 0.2) is 39.5 Å². The number of hydrogen-bond acceptors (Lipinski definition) is 4. The van der Waals surface area contributed by atoms with Gasteiger partial charge in [-0.25, -0.2) is 0 Å². The van der Waals surface area contributed by atoms with E-state index in [1.165, 1.54) is 5.56 Å². The van der Waals surface area contributed by atoms with E-state index in [-0.39, 0.29) is 6.04 Å². The topological polar surface area (TPSA) is 38.5 Å². The summed E-state index contributed by atoms with van der Waals surface area (Å²) in [4.78, 5) is 2.26. The molecule has 2 rings (SSSR count). The Morgan fingerprint density at radius 1 is 1.40 bits per heavy atom. The Morgan fingerprint density at radius 2 is 2.15 bits per heavy atom. The van der Waals surface area contributed by atoms with Crippen molar-refractivity contribution in [2.45, 2.75) is 12.6 Å². The first-order valence-electron chi connectivity index (χ1n) is 6.41. The van der Waals surface area contributed by atoms with Crippen LogP contribution >= 0.6 is 27.3 Å². The standard InChI is InChI=1S/C15H19BrN2OS/c1-18(9-11-7-15(16)20-10-11)13(8-17)12-5-3-4-6-14(12)19-2/h3-7,10,13H,8-9,17H2,1-2H3. The second-order valence-corrected chi connectivity index (χ2v) is 6.96. The molecule has 1 heterocycles. The molecule has 2 N–H and O–H groups in total. The van der Waals surface area contributed by atoms with Gasteiger partial charge in [0.05, 0.1) is 16.9 Å². The molecule has 5 heteroatoms. The van der Waals surface area contributed by atoms with Crippen molar-refractivity contribution < 1.29 is 4.74 Å². The van der Waals surface area contributed by atoms with Crippen molar-refractivity contribution in [3.63, 3.8) is 0 Å². The molecule has 0 aliphatic rings. The van der Waals surface area contributed by atoms with Crippen molar-refractivity contribution in [2.75, 3.05) is 20.7 Å². The number of halogens is 1. The molecule has 0 aliphatic carbocycles. The fourth-order valence-corrected chi connectivity index (χ4v) is 3.51. The van der Waals surface area contributed by atoms with Crippen LogP contribution in [0.3, 0.4) is 0 Å². The highest BCUT2D eigenvalue weighted by molar-refractivity contribution is 9.11. The molecule has 0 bridgehead atoms. The largest absolute Gasteiger partial charge is 0.496 e. The minimum absolute atomic E-state index is 0.143. The summed E-state index contributed by atoms with van der Waals surface area (Å²) in [6.45, 7) is 1.42. The number of para-hydroxylation sites is 1. The highest BCUT2D eigenvalue weighted by Gasteiger charge is 2.19. The summed E-state index contributed by atoms with van der Waals surface area (Å²) < 4.78 is 6.60. The number of thiophene rings is 1. The van der Waals surface area contributed by atoms with Crippen molar-refractivity contribution >= 4 is 27.3 Å². The molecule has 1 aromatic heterocycles. The molecule has 0 amide bonds. The molecule has 1 aromatic carbocycles. The average molecular weight is 355 g/mol. The smallest absolute Gasteiger partial charge is 0.123 e. The van der Waals surface area contributed by atoms with Crippen molar-refractivity contribution in [2.24, 2.45) is 5.73 Å². The van der Waals surface area contributed by atoms with E-state index < -0.39 is 0 Å². The van der Waals surface area contributed by atoms with E-state index in [4.69, 9.17) is 10.5 Å². The Labute approximate surface area is 132 Å². The summed E-state index contributed by atoms with van der Waals surface area (Å²) >= 11 is 5.20. The van der Waals surface area contributed by atoms with Crippen molar-refractivity contribution in [1.82, 2.24) is 4.90 Å². The van der Waals surface area contributed by atoms with E-state index in [1.807, 2.05) is 18.2 Å². The number of methoxy groups -OCH3 is 1. The molecule has 0 fully saturated rings. The zero-order chi connectivity index (χ0) is 14.5. The highest BCUT2D eigenvalue weighted by atomic mass is 79.9. The van der Waals surface area contributed by atoms with Gasteiger partial charge in [0.1, 0.15) is 5.75 Å². The van der Waals surface area contributed by atoms with Crippen molar-refractivity contribution in [3.8, 4) is 5.75 Å². The molecule has 2 aromatic rings. The molecular formula is C15H19BrN2OS. The third kappa shape index (κ3) is 3.61. The average Bonchev–Trinajstić information content (AvgIpc) is 2.85. The fraction of sp³-hybridized carbons (Fsp3) is 0.333. The third-order valence-corrected chi connectivity index (χ3v) is 4.86. The summed E-state index contributed by atoms with van der Waals surface area (Å²) in [5.41, 5.74) is 8.41. The maximum Gasteiger partial charge on any atom is 0.123 e. The third-order valence-electron chi connectivity index (χ3n) is 3.31. The monoisotopic (exact) mass is 354 g/mol. The molecule has 0 aliphatic heterocycles. The van der Waals surface area contributed by atoms with Gasteiger partial charge in [-0.1, -0.05) is 18.2 Å². The molecule has 1 atom stereocenters. The van der Waals surface area contributed by atoms with Gasteiger partial charge in [0.2, 0.25) is 0 Å². The van der Waals surface area contributed by atoms with Crippen LogP contribution in [0.5, 0.6) is 5.75 Å². The lowest BCUT2D eigenvalue weighted by Gasteiger charge is -2.28. The lowest BCUT2D eigenvalue weighted by Crippen LogP contribution is -2.30. The van der Waals surface area contributed by atoms with Gasteiger partial charge in [0.25, 0.3) is 0 Å². The summed E-state index contributed by atoms with van der Waals surface area (Å²) in [5.74, 6) is 0.890. The summed E-state index contributed by atoms with van der Waals surface area (Å²) in [6.07, 6.45) is 0. The number of rotatable bonds is 6. The van der Waals surface area contributed by atoms with E-state index in [0.717, 1.165) is 21.6 Å². The van der Waals surface area contributed by atoms with Crippen LogP contribution in [0.1, 0.15) is 17.2 Å². The van der Waals surface area contributed by atoms with E-state index in [1.54, 1.807) is 18.4 Å². The van der Waals surface area contributed by atoms with Gasteiger partial charge < -0.3 is 10.5 Å². The van der Waals surface area contributed by atoms with E-state index >= 15 is 0 Å². The quantitative estimate of drug-likeness (QED) is 0.860. The van der Waals surface area contributed by atoms with E-state index in [0.29, 0.717) is 6.54 Å². The molecule has 20 heavy (non-hydrogen) atoms. The van der Waals surface area contributed by atoms with Crippen LogP contribution in [0.4, 0.5) is 0 Å². The summed E-state index contributed by atoms with van der Waals surface area (Å²) in [7, 11) is 3.79. The zero-order valence-electron chi connectivity index (χ0n) is 11.7. The first-order chi connectivity index (χ1) is 9.65. The van der Waals surface area contributed by atoms with Gasteiger partial charge in [-0.05, 0) is 46.1 Å². The number of ether oxygens (including phenoxy) is 1. The Morgan fingerprint density at radius 3 is 2.75 bits per heavy atom. The van der Waals surface area contributed by atoms with Crippen LogP contribution in [0.25, 0.3) is 0 Å². The van der Waals surface area contributed by atoms with E-state index in [2.05, 4.69) is 45.4 Å². The van der Waals surface area contributed by atoms with Crippen LogP contribution in [0.2, 0.25) is 0 Å². The Kier molecular flexibility index (Phi) is 5.60. The molecule has 0 radical (unpaired) electrons. The maximum atomic E-state index is 5.98. The van der Waals surface area contributed by atoms with Crippen LogP contribution in [-0.4, -0.2) is 25.6 Å². The SMILES string of the molecule is COc1ccccc1C(CN)N(C)Cc1csc(Br)c1. The van der Waals surface area contributed by atoms with Gasteiger partial charge in [-0.3, -0.25) is 4.90 Å². The Hall–Kier alpha value is -0.880. The minimum Gasteiger partial charge on any atom is -0.496 e. The first kappa shape index (κ1) is 15.5. The predicted octanol–water partition coefficient (Wildman–Crippen LogP) is 3.65. The molecule has 1 unspecified atom stereocenters. The van der Waals surface area contributed by atoms with Crippen LogP contribution < -0.4 is 10.5 Å². The molecule has 0 saturated heterocycles. The van der Waals surface area contributed by atoms with Gasteiger partial charge in [0.15, 0.2) is 0 Å². The molecule has 0 saturated carbocycles. The lowest BCUT2D eigenvalue weighted by molar-refractivity contribution is 0.236. The van der Waals surface area contributed by atoms with Crippen molar-refractivity contribution in [1.29, 1.82) is 0 Å². The fourth-order valence-electron chi connectivity index (χ4n) is 2.31. The number of hydrogen-bond donors (Lipinski definition) is 1. The highest BCUT2D eigenvalue weighted by Crippen LogP contribution is 2.29. The molecular weight excluding hydrogens is 336 g/mol. The van der Waals surface area contributed by atoms with Crippen LogP contribution in [-0.2, 0) is 6.54 Å². The second-order valence-electron chi connectivity index (χ2n) is 4.67. The number of likely N-dealkylation sites (N-methyl/N-ethyl adjacent to an activating group) is 1. The lowest BCUT2D eigenvalue weighted by atomic mass is 10.0. The Balaban J connectivity index is 2.18. The van der Waals surface area contributed by atoms with Gasteiger partial charge in [0, 0.05) is 18.7 Å². The normalized spacial score (nSPS) is 12.7. The van der Waals surface area contributed by atoms with E-state index in [9.17, 15) is 0 Å².